The van der Waals surface area contributed by atoms with Crippen molar-refractivity contribution in [2.45, 2.75) is 32.4 Å². The van der Waals surface area contributed by atoms with Crippen molar-refractivity contribution in [3.8, 4) is 0 Å². The molecule has 1 aromatic carbocycles. The van der Waals surface area contributed by atoms with Crippen LogP contribution in [0.25, 0.3) is 16.6 Å². The van der Waals surface area contributed by atoms with Gasteiger partial charge < -0.3 is 14.9 Å². The summed E-state index contributed by atoms with van der Waals surface area (Å²) in [6, 6.07) is 7.47. The lowest BCUT2D eigenvalue weighted by atomic mass is 10.00. The van der Waals surface area contributed by atoms with Gasteiger partial charge in [0.2, 0.25) is 0 Å². The number of nitrogen functional groups attached to an aromatic ring is 1. The van der Waals surface area contributed by atoms with E-state index in [-0.39, 0.29) is 18.6 Å². The summed E-state index contributed by atoms with van der Waals surface area (Å²) in [6.07, 6.45) is 1.03. The molecule has 0 spiro atoms. The van der Waals surface area contributed by atoms with Gasteiger partial charge in [-0.25, -0.2) is 9.97 Å². The van der Waals surface area contributed by atoms with Crippen LogP contribution in [0.5, 0.6) is 0 Å². The van der Waals surface area contributed by atoms with E-state index in [1.807, 2.05) is 6.92 Å². The average molecular weight is 522 g/mol. The number of amides is 1. The highest BCUT2D eigenvalue weighted by molar-refractivity contribution is 6.08. The third kappa shape index (κ3) is 4.02. The molecule has 1 amide bonds. The second kappa shape index (κ2) is 8.55. The van der Waals surface area contributed by atoms with Crippen LogP contribution in [-0.2, 0) is 31.1 Å². The lowest BCUT2D eigenvalue weighted by Gasteiger charge is -2.20. The highest BCUT2D eigenvalue weighted by Crippen LogP contribution is 2.38. The van der Waals surface area contributed by atoms with Gasteiger partial charge in [0.05, 0.1) is 47.9 Å². The van der Waals surface area contributed by atoms with E-state index in [2.05, 4.69) is 15.1 Å². The summed E-state index contributed by atoms with van der Waals surface area (Å²) < 4.78 is 48.1. The molecule has 0 bridgehead atoms. The molecule has 0 unspecified atom stereocenters. The van der Waals surface area contributed by atoms with E-state index in [0.717, 1.165) is 28.8 Å². The number of hydrogen-bond donors (Lipinski definition) is 1. The summed E-state index contributed by atoms with van der Waals surface area (Å²) in [7, 11) is 1.73. The Morgan fingerprint density at radius 2 is 2.00 bits per heavy atom. The number of anilines is 2. The number of benzene rings is 1. The fourth-order valence-electron chi connectivity index (χ4n) is 4.83. The van der Waals surface area contributed by atoms with Crippen LogP contribution < -0.4 is 10.6 Å². The molecule has 0 saturated carbocycles. The molecule has 0 saturated heterocycles. The molecule has 1 atom stereocenters. The number of carbonyl (C=O) groups is 1. The van der Waals surface area contributed by atoms with Crippen LogP contribution >= 0.6 is 0 Å². The fourth-order valence-corrected chi connectivity index (χ4v) is 4.83. The third-order valence-electron chi connectivity index (χ3n) is 6.69. The van der Waals surface area contributed by atoms with E-state index >= 15 is 0 Å². The number of nitrogens with two attached hydrogens (primary N) is 1. The minimum Gasteiger partial charge on any atom is -0.383 e. The number of nitrogens with zero attached hydrogens (tertiary/aromatic N) is 6. The van der Waals surface area contributed by atoms with Crippen molar-refractivity contribution in [1.29, 1.82) is 0 Å². The number of aryl methyl sites for hydroxylation is 1. The maximum atomic E-state index is 13.9. The minimum absolute atomic E-state index is 0.0177. The average Bonchev–Trinajstić information content (AvgIpc) is 3.59. The molecule has 0 fully saturated rings. The molecule has 194 valence electrons. The van der Waals surface area contributed by atoms with Crippen LogP contribution in [0.1, 0.15) is 45.8 Å². The van der Waals surface area contributed by atoms with Crippen molar-refractivity contribution in [1.82, 2.24) is 24.1 Å². The molecule has 9 nitrogen and oxygen atoms in total. The van der Waals surface area contributed by atoms with Gasteiger partial charge in [-0.05, 0) is 42.8 Å². The molecular formula is C26H22F3N7O2. The second-order valence-corrected chi connectivity index (χ2v) is 9.25. The molecule has 1 aliphatic heterocycles. The number of alkyl halides is 3. The molecule has 5 heterocycles. The van der Waals surface area contributed by atoms with Crippen LogP contribution in [0, 0.1) is 0 Å². The monoisotopic (exact) mass is 521 g/mol. The normalized spacial score (nSPS) is 15.3. The highest BCUT2D eigenvalue weighted by Gasteiger charge is 2.31. The molecule has 38 heavy (non-hydrogen) atoms. The Morgan fingerprint density at radius 1 is 1.18 bits per heavy atom. The molecule has 12 heteroatoms. The standard InChI is InChI=1S/C26H22F3N7O2/c1-14-23-20(13-38-14)19-7-15(3-5-21(19)33-24(23)30)25(37)36(18-8-31-34(2)12-18)11-17-10-35-9-16(26(27,28)29)4-6-22(35)32-17/h3-10,12,14H,11,13H2,1-2H3,(H2,30,33)/t14-/m0/s1. The summed E-state index contributed by atoms with van der Waals surface area (Å²) >= 11 is 0. The first kappa shape index (κ1) is 23.9. The van der Waals surface area contributed by atoms with Gasteiger partial charge in [-0.2, -0.15) is 18.3 Å². The summed E-state index contributed by atoms with van der Waals surface area (Å²) in [5, 5.41) is 4.96. The zero-order valence-electron chi connectivity index (χ0n) is 20.4. The van der Waals surface area contributed by atoms with Gasteiger partial charge in [0.15, 0.2) is 0 Å². The molecule has 5 aromatic rings. The zero-order valence-corrected chi connectivity index (χ0v) is 20.4. The number of pyridine rings is 2. The molecule has 6 rings (SSSR count). The largest absolute Gasteiger partial charge is 0.417 e. The Bertz CT molecular complexity index is 1720. The molecule has 0 aliphatic carbocycles. The smallest absolute Gasteiger partial charge is 0.383 e. The van der Waals surface area contributed by atoms with E-state index < -0.39 is 11.7 Å². The van der Waals surface area contributed by atoms with Crippen molar-refractivity contribution in [3.63, 3.8) is 0 Å². The molecular weight excluding hydrogens is 499 g/mol. The van der Waals surface area contributed by atoms with Crippen molar-refractivity contribution in [3.05, 3.63) is 83.1 Å². The topological polar surface area (TPSA) is 104 Å². The minimum atomic E-state index is -4.48. The SMILES string of the molecule is C[C@@H]1OCc2c1c(N)nc1ccc(C(=O)N(Cc3cn4cc(C(F)(F)F)ccc4n3)c3cnn(C)c3)cc21. The lowest BCUT2D eigenvalue weighted by Crippen LogP contribution is -2.30. The summed E-state index contributed by atoms with van der Waals surface area (Å²) in [6.45, 7) is 2.29. The lowest BCUT2D eigenvalue weighted by molar-refractivity contribution is -0.137. The quantitative estimate of drug-likeness (QED) is 0.369. The van der Waals surface area contributed by atoms with Gasteiger partial charge in [-0.3, -0.25) is 14.4 Å². The third-order valence-corrected chi connectivity index (χ3v) is 6.69. The predicted octanol–water partition coefficient (Wildman–Crippen LogP) is 4.66. The van der Waals surface area contributed by atoms with Crippen molar-refractivity contribution < 1.29 is 22.7 Å². The van der Waals surface area contributed by atoms with Crippen LogP contribution in [0.2, 0.25) is 0 Å². The van der Waals surface area contributed by atoms with Gasteiger partial charge in [0.25, 0.3) is 5.91 Å². The Labute approximate surface area is 214 Å². The van der Waals surface area contributed by atoms with Crippen LogP contribution in [0.15, 0.2) is 55.1 Å². The summed E-state index contributed by atoms with van der Waals surface area (Å²) in [5.74, 6) is 0.0829. The highest BCUT2D eigenvalue weighted by atomic mass is 19.4. The number of imidazole rings is 1. The van der Waals surface area contributed by atoms with Crippen LogP contribution in [0.4, 0.5) is 24.7 Å². The second-order valence-electron chi connectivity index (χ2n) is 9.25. The number of hydrogen-bond acceptors (Lipinski definition) is 6. The molecule has 2 N–H and O–H groups in total. The summed E-state index contributed by atoms with van der Waals surface area (Å²) in [5.41, 5.74) is 9.43. The number of halogens is 3. The first-order valence-corrected chi connectivity index (χ1v) is 11.8. The van der Waals surface area contributed by atoms with E-state index in [1.54, 1.807) is 42.3 Å². The van der Waals surface area contributed by atoms with E-state index in [9.17, 15) is 18.0 Å². The maximum Gasteiger partial charge on any atom is 0.417 e. The number of ether oxygens (including phenoxy) is 1. The van der Waals surface area contributed by atoms with Gasteiger partial charge >= 0.3 is 6.18 Å². The molecule has 1 aliphatic rings. The van der Waals surface area contributed by atoms with E-state index in [4.69, 9.17) is 10.5 Å². The van der Waals surface area contributed by atoms with Gasteiger partial charge in [0, 0.05) is 42.2 Å². The predicted molar refractivity (Wildman–Crippen MR) is 133 cm³/mol. The van der Waals surface area contributed by atoms with Crippen molar-refractivity contribution in [2.75, 3.05) is 10.6 Å². The van der Waals surface area contributed by atoms with Crippen LogP contribution in [-0.4, -0.2) is 30.1 Å². The maximum absolute atomic E-state index is 13.9. The number of rotatable bonds is 4. The number of aromatic nitrogens is 5. The first-order valence-electron chi connectivity index (χ1n) is 11.8. The Morgan fingerprint density at radius 3 is 2.74 bits per heavy atom. The van der Waals surface area contributed by atoms with E-state index in [0.29, 0.717) is 40.5 Å². The zero-order chi connectivity index (χ0) is 26.8. The van der Waals surface area contributed by atoms with E-state index in [1.165, 1.54) is 21.6 Å². The summed E-state index contributed by atoms with van der Waals surface area (Å²) in [4.78, 5) is 24.3. The van der Waals surface area contributed by atoms with Crippen molar-refractivity contribution in [2.24, 2.45) is 7.05 Å². The molecule has 4 aromatic heterocycles. The van der Waals surface area contributed by atoms with Gasteiger partial charge in [-0.15, -0.1) is 0 Å². The Kier molecular flexibility index (Phi) is 5.38. The van der Waals surface area contributed by atoms with Gasteiger partial charge in [0.1, 0.15) is 11.5 Å². The molecule has 0 radical (unpaired) electrons. The number of fused-ring (bicyclic) bond motifs is 4. The van der Waals surface area contributed by atoms with Crippen LogP contribution in [0.3, 0.4) is 0 Å². The fraction of sp³-hybridized carbons (Fsp3) is 0.231. The first-order chi connectivity index (χ1) is 18.1. The van der Waals surface area contributed by atoms with Gasteiger partial charge in [-0.1, -0.05) is 0 Å². The van der Waals surface area contributed by atoms with Crippen molar-refractivity contribution >= 4 is 34.0 Å². The Balaban J connectivity index is 1.40. The number of carbonyl (C=O) groups excluding carboxylic acids is 1. The Hall–Kier alpha value is -4.45.